The van der Waals surface area contributed by atoms with Gasteiger partial charge in [0.25, 0.3) is 0 Å². The molecule has 2 N–H and O–H groups in total. The highest BCUT2D eigenvalue weighted by atomic mass is 127. The second-order valence-corrected chi connectivity index (χ2v) is 6.42. The van der Waals surface area contributed by atoms with Gasteiger partial charge in [-0.1, -0.05) is 0 Å². The van der Waals surface area contributed by atoms with Crippen molar-refractivity contribution < 1.29 is 9.47 Å². The summed E-state index contributed by atoms with van der Waals surface area (Å²) in [4.78, 5) is 9.13. The van der Waals surface area contributed by atoms with Gasteiger partial charge in [-0.2, -0.15) is 5.10 Å². The molecule has 0 atom stereocenters. The van der Waals surface area contributed by atoms with Crippen molar-refractivity contribution in [1.82, 2.24) is 25.3 Å². The fraction of sp³-hybridized carbons (Fsp3) is 0.474. The van der Waals surface area contributed by atoms with Gasteiger partial charge in [-0.25, -0.2) is 0 Å². The number of halogens is 1. The Morgan fingerprint density at radius 3 is 2.57 bits per heavy atom. The van der Waals surface area contributed by atoms with E-state index in [9.17, 15) is 0 Å². The number of guanidine groups is 1. The molecule has 1 aromatic carbocycles. The van der Waals surface area contributed by atoms with E-state index in [1.807, 2.05) is 25.2 Å². The van der Waals surface area contributed by atoms with E-state index in [1.54, 1.807) is 20.4 Å². The number of hydrogen-bond donors (Lipinski definition) is 2. The maximum absolute atomic E-state index is 5.50. The van der Waals surface area contributed by atoms with Crippen molar-refractivity contribution in [2.45, 2.75) is 13.1 Å². The molecule has 1 aliphatic heterocycles. The number of aromatic nitrogens is 2. The van der Waals surface area contributed by atoms with Gasteiger partial charge in [0, 0.05) is 51.5 Å². The van der Waals surface area contributed by atoms with Crippen molar-refractivity contribution in [3.05, 3.63) is 41.7 Å². The maximum Gasteiger partial charge on any atom is 0.194 e. The zero-order valence-electron chi connectivity index (χ0n) is 16.6. The van der Waals surface area contributed by atoms with Gasteiger partial charge in [0.2, 0.25) is 0 Å². The lowest BCUT2D eigenvalue weighted by Gasteiger charge is -2.36. The molecule has 0 radical (unpaired) electrons. The summed E-state index contributed by atoms with van der Waals surface area (Å²) in [6, 6.07) is 7.90. The summed E-state index contributed by atoms with van der Waals surface area (Å²) in [5.74, 6) is 2.67. The van der Waals surface area contributed by atoms with Gasteiger partial charge in [0.05, 0.1) is 26.5 Å². The fourth-order valence-electron chi connectivity index (χ4n) is 3.25. The molecule has 154 valence electrons. The summed E-state index contributed by atoms with van der Waals surface area (Å²) in [5.41, 5.74) is 2.19. The van der Waals surface area contributed by atoms with E-state index in [2.05, 4.69) is 36.4 Å². The molecule has 0 unspecified atom stereocenters. The average Bonchev–Trinajstić information content (AvgIpc) is 3.23. The minimum atomic E-state index is 0. The minimum Gasteiger partial charge on any atom is -0.497 e. The number of methoxy groups -OCH3 is 2. The van der Waals surface area contributed by atoms with E-state index >= 15 is 0 Å². The highest BCUT2D eigenvalue weighted by Gasteiger charge is 2.20. The van der Waals surface area contributed by atoms with Crippen molar-refractivity contribution in [2.75, 3.05) is 47.4 Å². The molecule has 0 saturated carbocycles. The van der Waals surface area contributed by atoms with Crippen molar-refractivity contribution in [3.8, 4) is 11.5 Å². The third-order valence-electron chi connectivity index (χ3n) is 4.76. The Hall–Kier alpha value is -2.01. The van der Waals surface area contributed by atoms with Crippen molar-refractivity contribution in [1.29, 1.82) is 0 Å². The average molecular weight is 500 g/mol. The molecule has 0 amide bonds. The Balaban J connectivity index is 0.00000280. The normalized spacial score (nSPS) is 15.1. The van der Waals surface area contributed by atoms with E-state index in [0.29, 0.717) is 6.54 Å². The third-order valence-corrected chi connectivity index (χ3v) is 4.76. The van der Waals surface area contributed by atoms with Gasteiger partial charge in [0.1, 0.15) is 11.5 Å². The summed E-state index contributed by atoms with van der Waals surface area (Å²) in [5, 5.41) is 10.3. The van der Waals surface area contributed by atoms with Crippen LogP contribution in [0.4, 0.5) is 0 Å². The second-order valence-electron chi connectivity index (χ2n) is 6.42. The summed E-state index contributed by atoms with van der Waals surface area (Å²) >= 11 is 0. The zero-order valence-corrected chi connectivity index (χ0v) is 19.0. The lowest BCUT2D eigenvalue weighted by Crippen LogP contribution is -2.52. The molecule has 0 spiro atoms. The van der Waals surface area contributed by atoms with Gasteiger partial charge in [-0.3, -0.25) is 15.0 Å². The van der Waals surface area contributed by atoms with Crippen LogP contribution in [0.5, 0.6) is 11.5 Å². The minimum absolute atomic E-state index is 0. The first-order valence-corrected chi connectivity index (χ1v) is 9.10. The molecule has 2 heterocycles. The van der Waals surface area contributed by atoms with E-state index in [0.717, 1.165) is 61.4 Å². The quantitative estimate of drug-likeness (QED) is 0.359. The summed E-state index contributed by atoms with van der Waals surface area (Å²) in [6.45, 7) is 5.31. The lowest BCUT2D eigenvalue weighted by molar-refractivity contribution is 0.171. The van der Waals surface area contributed by atoms with Gasteiger partial charge in [-0.05, 0) is 24.3 Å². The number of H-pyrrole nitrogens is 1. The van der Waals surface area contributed by atoms with E-state index in [4.69, 9.17) is 9.47 Å². The first kappa shape index (κ1) is 22.3. The predicted octanol–water partition coefficient (Wildman–Crippen LogP) is 1.94. The smallest absolute Gasteiger partial charge is 0.194 e. The standard InChI is InChI=1S/C19H28N6O2.HI/c1-20-19(21-13-16-6-7-22-23-16)25-10-8-24(9-11-25)14-15-12-17(26-2)4-5-18(15)27-3;/h4-7,12H,8-11,13-14H2,1-3H3,(H,20,21)(H,22,23);1H. The van der Waals surface area contributed by atoms with Crippen LogP contribution in [0.3, 0.4) is 0 Å². The molecule has 3 rings (SSSR count). The van der Waals surface area contributed by atoms with Crippen LogP contribution in [-0.2, 0) is 13.1 Å². The molecule has 1 fully saturated rings. The molecule has 2 aromatic rings. The second kappa shape index (κ2) is 11.1. The Kier molecular flexibility index (Phi) is 8.84. The summed E-state index contributed by atoms with van der Waals surface area (Å²) < 4.78 is 10.9. The monoisotopic (exact) mass is 500 g/mol. The van der Waals surface area contributed by atoms with Crippen LogP contribution in [0.2, 0.25) is 0 Å². The predicted molar refractivity (Wildman–Crippen MR) is 121 cm³/mol. The molecular weight excluding hydrogens is 471 g/mol. The van der Waals surface area contributed by atoms with Crippen molar-refractivity contribution in [2.24, 2.45) is 4.99 Å². The molecule has 1 saturated heterocycles. The molecule has 0 bridgehead atoms. The van der Waals surface area contributed by atoms with Crippen LogP contribution in [0.1, 0.15) is 11.3 Å². The number of hydrogen-bond acceptors (Lipinski definition) is 5. The number of nitrogens with zero attached hydrogens (tertiary/aromatic N) is 4. The molecule has 0 aliphatic carbocycles. The number of aliphatic imine (C=N–C) groups is 1. The van der Waals surface area contributed by atoms with Crippen LogP contribution in [0, 0.1) is 0 Å². The first-order chi connectivity index (χ1) is 13.2. The zero-order chi connectivity index (χ0) is 19.1. The molecule has 1 aromatic heterocycles. The van der Waals surface area contributed by atoms with Crippen molar-refractivity contribution in [3.63, 3.8) is 0 Å². The highest BCUT2D eigenvalue weighted by Crippen LogP contribution is 2.25. The molecule has 9 heteroatoms. The fourth-order valence-corrected chi connectivity index (χ4v) is 3.25. The number of aromatic amines is 1. The van der Waals surface area contributed by atoms with Crippen LogP contribution in [-0.4, -0.2) is 73.4 Å². The molecular formula is C19H29IN6O2. The number of piperazine rings is 1. The Morgan fingerprint density at radius 2 is 1.96 bits per heavy atom. The van der Waals surface area contributed by atoms with Crippen LogP contribution in [0.15, 0.2) is 35.5 Å². The number of ether oxygens (including phenoxy) is 2. The van der Waals surface area contributed by atoms with E-state index < -0.39 is 0 Å². The summed E-state index contributed by atoms with van der Waals surface area (Å²) in [6.07, 6.45) is 1.76. The highest BCUT2D eigenvalue weighted by molar-refractivity contribution is 14.0. The first-order valence-electron chi connectivity index (χ1n) is 9.10. The van der Waals surface area contributed by atoms with Gasteiger partial charge in [0.15, 0.2) is 5.96 Å². The van der Waals surface area contributed by atoms with Crippen LogP contribution < -0.4 is 14.8 Å². The number of benzene rings is 1. The molecule has 1 aliphatic rings. The molecule has 28 heavy (non-hydrogen) atoms. The summed E-state index contributed by atoms with van der Waals surface area (Å²) in [7, 11) is 5.22. The SMILES string of the molecule is CN=C(NCc1ccn[nH]1)N1CCN(Cc2cc(OC)ccc2OC)CC1.I. The largest absolute Gasteiger partial charge is 0.497 e. The van der Waals surface area contributed by atoms with E-state index in [1.165, 1.54) is 0 Å². The van der Waals surface area contributed by atoms with E-state index in [-0.39, 0.29) is 24.0 Å². The number of nitrogens with one attached hydrogen (secondary N) is 2. The van der Waals surface area contributed by atoms with Crippen LogP contribution >= 0.6 is 24.0 Å². The maximum atomic E-state index is 5.50. The Bertz CT molecular complexity index is 745. The van der Waals surface area contributed by atoms with Gasteiger partial charge < -0.3 is 19.7 Å². The Morgan fingerprint density at radius 1 is 1.18 bits per heavy atom. The van der Waals surface area contributed by atoms with Crippen LogP contribution in [0.25, 0.3) is 0 Å². The lowest BCUT2D eigenvalue weighted by atomic mass is 10.1. The number of rotatable bonds is 6. The van der Waals surface area contributed by atoms with Crippen molar-refractivity contribution >= 4 is 29.9 Å². The molecule has 8 nitrogen and oxygen atoms in total. The topological polar surface area (TPSA) is 78.0 Å². The van der Waals surface area contributed by atoms with Gasteiger partial charge >= 0.3 is 0 Å². The Labute approximate surface area is 183 Å². The van der Waals surface area contributed by atoms with Gasteiger partial charge in [-0.15, -0.1) is 24.0 Å². The third kappa shape index (κ3) is 5.74.